The maximum absolute atomic E-state index is 11.3. The van der Waals surface area contributed by atoms with Crippen LogP contribution in [0.25, 0.3) is 0 Å². The molecule has 0 bridgehead atoms. The fourth-order valence-electron chi connectivity index (χ4n) is 1.07. The fourth-order valence-corrected chi connectivity index (χ4v) is 1.07. The molecule has 0 aromatic carbocycles. The summed E-state index contributed by atoms with van der Waals surface area (Å²) in [6.07, 6.45) is 3.38. The van der Waals surface area contributed by atoms with Crippen LogP contribution in [0, 0.1) is 0 Å². The largest absolute Gasteiger partial charge is 0.348 e. The summed E-state index contributed by atoms with van der Waals surface area (Å²) in [6, 6.07) is 5.09. The Kier molecular flexibility index (Phi) is 4.98. The summed E-state index contributed by atoms with van der Waals surface area (Å²) >= 11 is 0. The number of carbonyl (C=O) groups excluding carboxylic acids is 2. The molecule has 0 saturated carbocycles. The predicted molar refractivity (Wildman–Crippen MR) is 60.8 cm³/mol. The quantitative estimate of drug-likeness (QED) is 0.587. The lowest BCUT2D eigenvalue weighted by molar-refractivity contribution is -0.136. The summed E-state index contributed by atoms with van der Waals surface area (Å²) in [5.41, 5.74) is 0. The molecule has 1 aromatic heterocycles. The van der Waals surface area contributed by atoms with Crippen molar-refractivity contribution in [3.63, 3.8) is 0 Å². The van der Waals surface area contributed by atoms with E-state index in [4.69, 9.17) is 0 Å². The third kappa shape index (κ3) is 4.08. The third-order valence-corrected chi connectivity index (χ3v) is 1.93. The van der Waals surface area contributed by atoms with Gasteiger partial charge in [-0.05, 0) is 18.6 Å². The van der Waals surface area contributed by atoms with E-state index in [1.165, 1.54) is 0 Å². The number of nitrogens with zero attached hydrogens (tertiary/aromatic N) is 1. The predicted octanol–water partition coefficient (Wildman–Crippen LogP) is 0.936. The van der Waals surface area contributed by atoms with Gasteiger partial charge >= 0.3 is 11.8 Å². The van der Waals surface area contributed by atoms with Gasteiger partial charge in [-0.15, -0.1) is 0 Å². The van der Waals surface area contributed by atoms with E-state index in [0.29, 0.717) is 12.4 Å². The molecule has 0 saturated heterocycles. The summed E-state index contributed by atoms with van der Waals surface area (Å²) in [4.78, 5) is 26.5. The number of rotatable bonds is 4. The number of anilines is 1. The highest BCUT2D eigenvalue weighted by atomic mass is 16.2. The van der Waals surface area contributed by atoms with Crippen molar-refractivity contribution in [1.29, 1.82) is 0 Å². The molecule has 0 aliphatic heterocycles. The van der Waals surface area contributed by atoms with Gasteiger partial charge in [0, 0.05) is 12.7 Å². The molecule has 0 atom stereocenters. The van der Waals surface area contributed by atoms with Gasteiger partial charge in [-0.3, -0.25) is 9.59 Å². The molecule has 0 unspecified atom stereocenters. The minimum absolute atomic E-state index is 0.373. The number of unbranched alkanes of at least 4 members (excludes halogenated alkanes) is 1. The maximum atomic E-state index is 11.3. The normalized spacial score (nSPS) is 9.56. The number of hydrogen-bond donors (Lipinski definition) is 2. The minimum Gasteiger partial charge on any atom is -0.348 e. The first-order valence-electron chi connectivity index (χ1n) is 5.24. The average molecular weight is 221 g/mol. The molecular weight excluding hydrogens is 206 g/mol. The molecule has 1 heterocycles. The van der Waals surface area contributed by atoms with Gasteiger partial charge in [-0.1, -0.05) is 19.4 Å². The molecule has 0 radical (unpaired) electrons. The number of carbonyl (C=O) groups is 2. The standard InChI is InChI=1S/C11H15N3O2/c1-2-3-7-13-10(15)11(16)14-9-6-4-5-8-12-9/h4-6,8H,2-3,7H2,1H3,(H,13,15)(H,12,14,16). The van der Waals surface area contributed by atoms with Crippen LogP contribution in [0.3, 0.4) is 0 Å². The van der Waals surface area contributed by atoms with E-state index < -0.39 is 11.8 Å². The van der Waals surface area contributed by atoms with Crippen LogP contribution in [0.4, 0.5) is 5.82 Å². The highest BCUT2D eigenvalue weighted by molar-refractivity contribution is 6.39. The van der Waals surface area contributed by atoms with Crippen LogP contribution in [0.5, 0.6) is 0 Å². The Morgan fingerprint density at radius 1 is 1.31 bits per heavy atom. The molecule has 0 spiro atoms. The van der Waals surface area contributed by atoms with Crippen LogP contribution in [-0.4, -0.2) is 23.3 Å². The Bertz CT molecular complexity index is 352. The van der Waals surface area contributed by atoms with E-state index in [1.807, 2.05) is 6.92 Å². The molecule has 2 amide bonds. The van der Waals surface area contributed by atoms with Gasteiger partial charge in [0.05, 0.1) is 0 Å². The summed E-state index contributed by atoms with van der Waals surface area (Å²) in [6.45, 7) is 2.53. The van der Waals surface area contributed by atoms with Gasteiger partial charge in [-0.2, -0.15) is 0 Å². The van der Waals surface area contributed by atoms with E-state index in [0.717, 1.165) is 12.8 Å². The van der Waals surface area contributed by atoms with Crippen molar-refractivity contribution in [3.05, 3.63) is 24.4 Å². The average Bonchev–Trinajstić information content (AvgIpc) is 2.30. The zero-order valence-corrected chi connectivity index (χ0v) is 9.19. The smallest absolute Gasteiger partial charge is 0.314 e. The van der Waals surface area contributed by atoms with Gasteiger partial charge in [0.1, 0.15) is 5.82 Å². The van der Waals surface area contributed by atoms with Crippen LogP contribution in [0.15, 0.2) is 24.4 Å². The van der Waals surface area contributed by atoms with Crippen LogP contribution < -0.4 is 10.6 Å². The second kappa shape index (κ2) is 6.55. The molecule has 2 N–H and O–H groups in total. The number of hydrogen-bond acceptors (Lipinski definition) is 3. The summed E-state index contributed by atoms with van der Waals surface area (Å²) in [5, 5.41) is 4.93. The Morgan fingerprint density at radius 3 is 2.75 bits per heavy atom. The fraction of sp³-hybridized carbons (Fsp3) is 0.364. The SMILES string of the molecule is CCCCNC(=O)C(=O)Nc1ccccn1. The molecule has 16 heavy (non-hydrogen) atoms. The maximum Gasteiger partial charge on any atom is 0.314 e. The topological polar surface area (TPSA) is 71.1 Å². The highest BCUT2D eigenvalue weighted by Crippen LogP contribution is 1.98. The van der Waals surface area contributed by atoms with Gasteiger partial charge in [0.15, 0.2) is 0 Å². The molecule has 0 fully saturated rings. The second-order valence-electron chi connectivity index (χ2n) is 3.28. The van der Waals surface area contributed by atoms with Crippen molar-refractivity contribution < 1.29 is 9.59 Å². The number of amides is 2. The van der Waals surface area contributed by atoms with Crippen LogP contribution in [0.2, 0.25) is 0 Å². The lowest BCUT2D eigenvalue weighted by atomic mass is 10.3. The number of aromatic nitrogens is 1. The summed E-state index contributed by atoms with van der Waals surface area (Å²) in [7, 11) is 0. The van der Waals surface area contributed by atoms with Crippen molar-refractivity contribution in [2.75, 3.05) is 11.9 Å². The van der Waals surface area contributed by atoms with Crippen LogP contribution in [-0.2, 0) is 9.59 Å². The molecule has 0 aliphatic carbocycles. The number of nitrogens with one attached hydrogen (secondary N) is 2. The zero-order chi connectivity index (χ0) is 11.8. The molecule has 86 valence electrons. The number of pyridine rings is 1. The van der Waals surface area contributed by atoms with E-state index in [1.54, 1.807) is 24.4 Å². The lowest BCUT2D eigenvalue weighted by Crippen LogP contribution is -2.36. The Balaban J connectivity index is 2.38. The first-order chi connectivity index (χ1) is 7.74. The summed E-state index contributed by atoms with van der Waals surface area (Å²) in [5.74, 6) is -0.938. The zero-order valence-electron chi connectivity index (χ0n) is 9.19. The van der Waals surface area contributed by atoms with E-state index in [-0.39, 0.29) is 0 Å². The first-order valence-corrected chi connectivity index (χ1v) is 5.24. The van der Waals surface area contributed by atoms with Crippen molar-refractivity contribution in [2.45, 2.75) is 19.8 Å². The Hall–Kier alpha value is -1.91. The third-order valence-electron chi connectivity index (χ3n) is 1.93. The van der Waals surface area contributed by atoms with Crippen molar-refractivity contribution >= 4 is 17.6 Å². The highest BCUT2D eigenvalue weighted by Gasteiger charge is 2.12. The van der Waals surface area contributed by atoms with Crippen LogP contribution >= 0.6 is 0 Å². The minimum atomic E-state index is -0.685. The molecular formula is C11H15N3O2. The van der Waals surface area contributed by atoms with Crippen molar-refractivity contribution in [3.8, 4) is 0 Å². The first kappa shape index (κ1) is 12.2. The van der Waals surface area contributed by atoms with Gasteiger partial charge in [-0.25, -0.2) is 4.98 Å². The molecule has 1 aromatic rings. The Labute approximate surface area is 94.3 Å². The van der Waals surface area contributed by atoms with Gasteiger partial charge in [0.25, 0.3) is 0 Å². The molecule has 5 heteroatoms. The van der Waals surface area contributed by atoms with E-state index in [9.17, 15) is 9.59 Å². The van der Waals surface area contributed by atoms with Gasteiger partial charge in [0.2, 0.25) is 0 Å². The summed E-state index contributed by atoms with van der Waals surface area (Å²) < 4.78 is 0. The van der Waals surface area contributed by atoms with Crippen molar-refractivity contribution in [1.82, 2.24) is 10.3 Å². The van der Waals surface area contributed by atoms with E-state index >= 15 is 0 Å². The lowest BCUT2D eigenvalue weighted by Gasteiger charge is -2.04. The molecule has 0 aliphatic rings. The van der Waals surface area contributed by atoms with Crippen LogP contribution in [0.1, 0.15) is 19.8 Å². The Morgan fingerprint density at radius 2 is 2.12 bits per heavy atom. The molecule has 1 rings (SSSR count). The van der Waals surface area contributed by atoms with Gasteiger partial charge < -0.3 is 10.6 Å². The monoisotopic (exact) mass is 221 g/mol. The molecule has 5 nitrogen and oxygen atoms in total. The van der Waals surface area contributed by atoms with E-state index in [2.05, 4.69) is 15.6 Å². The van der Waals surface area contributed by atoms with Crippen molar-refractivity contribution in [2.24, 2.45) is 0 Å². The second-order valence-corrected chi connectivity index (χ2v) is 3.28.